The molecule has 2 heterocycles. The summed E-state index contributed by atoms with van der Waals surface area (Å²) in [5.41, 5.74) is 7.53. The molecule has 6 heteroatoms. The molecule has 3 N–H and O–H groups in total. The number of hydrogen-bond acceptors (Lipinski definition) is 3. The molecule has 0 saturated carbocycles. The van der Waals surface area contributed by atoms with Crippen LogP contribution in [0.15, 0.2) is 6.07 Å². The molecular weight excluding hydrogens is 294 g/mol. The Hall–Kier alpha value is -1.82. The number of nitrogens with one attached hydrogen (secondary N) is 1. The molecule has 0 aliphatic carbocycles. The zero-order chi connectivity index (χ0) is 17.2. The fraction of sp³-hybridized carbons (Fsp3) is 0.647. The van der Waals surface area contributed by atoms with Gasteiger partial charge in [0.2, 0.25) is 5.91 Å². The van der Waals surface area contributed by atoms with Crippen molar-refractivity contribution in [3.8, 4) is 0 Å². The van der Waals surface area contributed by atoms with Gasteiger partial charge in [-0.2, -0.15) is 0 Å². The van der Waals surface area contributed by atoms with Crippen molar-refractivity contribution < 1.29 is 14.3 Å². The molecule has 0 bridgehead atoms. The SMILES string of the molecule is Cc1cc(C(=O)NCC2(C(N)=O)CCOCC2)c(C)n1C(C)C. The summed E-state index contributed by atoms with van der Waals surface area (Å²) in [5, 5.41) is 2.90. The first-order chi connectivity index (χ1) is 10.8. The van der Waals surface area contributed by atoms with E-state index in [4.69, 9.17) is 10.5 Å². The number of aromatic nitrogens is 1. The van der Waals surface area contributed by atoms with Crippen LogP contribution in [-0.4, -0.2) is 36.1 Å². The summed E-state index contributed by atoms with van der Waals surface area (Å²) in [6.45, 7) is 9.38. The van der Waals surface area contributed by atoms with Gasteiger partial charge in [0.25, 0.3) is 5.91 Å². The van der Waals surface area contributed by atoms with E-state index in [0.717, 1.165) is 11.4 Å². The van der Waals surface area contributed by atoms with E-state index in [1.807, 2.05) is 19.9 Å². The molecule has 2 amide bonds. The van der Waals surface area contributed by atoms with Crippen molar-refractivity contribution in [1.29, 1.82) is 0 Å². The topological polar surface area (TPSA) is 86.3 Å². The van der Waals surface area contributed by atoms with Gasteiger partial charge in [-0.15, -0.1) is 0 Å². The Morgan fingerprint density at radius 2 is 1.96 bits per heavy atom. The Balaban J connectivity index is 2.13. The number of carbonyl (C=O) groups excluding carboxylic acids is 2. The molecule has 1 aromatic heterocycles. The fourth-order valence-corrected chi connectivity index (χ4v) is 3.42. The van der Waals surface area contributed by atoms with Crippen LogP contribution in [0.25, 0.3) is 0 Å². The maximum Gasteiger partial charge on any atom is 0.253 e. The molecular formula is C17H27N3O3. The molecule has 1 aliphatic heterocycles. The molecule has 1 aliphatic rings. The summed E-state index contributed by atoms with van der Waals surface area (Å²) in [6, 6.07) is 2.19. The largest absolute Gasteiger partial charge is 0.381 e. The van der Waals surface area contributed by atoms with Crippen LogP contribution in [0.2, 0.25) is 0 Å². The second-order valence-corrected chi connectivity index (χ2v) is 6.69. The van der Waals surface area contributed by atoms with Crippen LogP contribution in [0.3, 0.4) is 0 Å². The van der Waals surface area contributed by atoms with Gasteiger partial charge < -0.3 is 20.4 Å². The molecule has 1 fully saturated rings. The number of nitrogens with zero attached hydrogens (tertiary/aromatic N) is 1. The fourth-order valence-electron chi connectivity index (χ4n) is 3.42. The zero-order valence-electron chi connectivity index (χ0n) is 14.4. The summed E-state index contributed by atoms with van der Waals surface area (Å²) in [5.74, 6) is -0.522. The molecule has 0 atom stereocenters. The molecule has 0 aromatic carbocycles. The van der Waals surface area contributed by atoms with Crippen LogP contribution in [0, 0.1) is 19.3 Å². The van der Waals surface area contributed by atoms with Gasteiger partial charge in [0, 0.05) is 37.2 Å². The van der Waals surface area contributed by atoms with E-state index in [9.17, 15) is 9.59 Å². The Bertz CT molecular complexity index is 598. The van der Waals surface area contributed by atoms with Crippen LogP contribution >= 0.6 is 0 Å². The average molecular weight is 321 g/mol. The van der Waals surface area contributed by atoms with Crippen molar-refractivity contribution in [1.82, 2.24) is 9.88 Å². The predicted octanol–water partition coefficient (Wildman–Crippen LogP) is 1.70. The van der Waals surface area contributed by atoms with Crippen molar-refractivity contribution in [3.63, 3.8) is 0 Å². The van der Waals surface area contributed by atoms with Crippen LogP contribution in [0.4, 0.5) is 0 Å². The normalized spacial score (nSPS) is 17.3. The van der Waals surface area contributed by atoms with Gasteiger partial charge in [-0.3, -0.25) is 9.59 Å². The average Bonchev–Trinajstić information content (AvgIpc) is 2.80. The lowest BCUT2D eigenvalue weighted by molar-refractivity contribution is -0.132. The van der Waals surface area contributed by atoms with E-state index < -0.39 is 5.41 Å². The highest BCUT2D eigenvalue weighted by molar-refractivity contribution is 5.96. The second-order valence-electron chi connectivity index (χ2n) is 6.69. The van der Waals surface area contributed by atoms with Crippen molar-refractivity contribution in [3.05, 3.63) is 23.0 Å². The minimum atomic E-state index is -0.697. The Labute approximate surface area is 137 Å². The summed E-state index contributed by atoms with van der Waals surface area (Å²) in [6.07, 6.45) is 1.10. The van der Waals surface area contributed by atoms with Gasteiger partial charge in [-0.25, -0.2) is 0 Å². The summed E-state index contributed by atoms with van der Waals surface area (Å²) in [7, 11) is 0. The van der Waals surface area contributed by atoms with E-state index in [-0.39, 0.29) is 18.4 Å². The smallest absolute Gasteiger partial charge is 0.253 e. The van der Waals surface area contributed by atoms with E-state index in [1.54, 1.807) is 0 Å². The standard InChI is InChI=1S/C17H27N3O3/c1-11(2)20-12(3)9-14(13(20)4)15(21)19-10-17(16(18)22)5-7-23-8-6-17/h9,11H,5-8,10H2,1-4H3,(H2,18,22)(H,19,21). The maximum atomic E-state index is 12.6. The van der Waals surface area contributed by atoms with E-state index >= 15 is 0 Å². The number of rotatable bonds is 5. The van der Waals surface area contributed by atoms with E-state index in [1.165, 1.54) is 0 Å². The second kappa shape index (κ2) is 6.74. The molecule has 6 nitrogen and oxygen atoms in total. The molecule has 128 valence electrons. The molecule has 0 radical (unpaired) electrons. The maximum absolute atomic E-state index is 12.6. The van der Waals surface area contributed by atoms with Crippen LogP contribution in [0.5, 0.6) is 0 Å². The van der Waals surface area contributed by atoms with Crippen molar-refractivity contribution >= 4 is 11.8 Å². The number of carbonyl (C=O) groups is 2. The Morgan fingerprint density at radius 1 is 1.35 bits per heavy atom. The van der Waals surface area contributed by atoms with E-state index in [0.29, 0.717) is 37.7 Å². The van der Waals surface area contributed by atoms with Crippen molar-refractivity contribution in [2.45, 2.75) is 46.6 Å². The number of amides is 2. The molecule has 1 saturated heterocycles. The van der Waals surface area contributed by atoms with E-state index in [2.05, 4.69) is 23.7 Å². The molecule has 0 unspecified atom stereocenters. The Morgan fingerprint density at radius 3 is 2.43 bits per heavy atom. The van der Waals surface area contributed by atoms with Gasteiger partial charge in [0.15, 0.2) is 0 Å². The minimum absolute atomic E-state index is 0.155. The lowest BCUT2D eigenvalue weighted by Crippen LogP contribution is -2.49. The highest BCUT2D eigenvalue weighted by atomic mass is 16.5. The number of primary amides is 1. The van der Waals surface area contributed by atoms with Crippen LogP contribution in [0.1, 0.15) is 54.5 Å². The van der Waals surface area contributed by atoms with Gasteiger partial charge >= 0.3 is 0 Å². The zero-order valence-corrected chi connectivity index (χ0v) is 14.4. The molecule has 2 rings (SSSR count). The number of ether oxygens (including phenoxy) is 1. The van der Waals surface area contributed by atoms with Crippen LogP contribution in [-0.2, 0) is 9.53 Å². The summed E-state index contributed by atoms with van der Waals surface area (Å²) >= 11 is 0. The van der Waals surface area contributed by atoms with Crippen LogP contribution < -0.4 is 11.1 Å². The Kier molecular flexibility index (Phi) is 5.14. The monoisotopic (exact) mass is 321 g/mol. The third-order valence-electron chi connectivity index (χ3n) is 4.81. The minimum Gasteiger partial charge on any atom is -0.381 e. The predicted molar refractivity (Wildman–Crippen MR) is 88.3 cm³/mol. The molecule has 23 heavy (non-hydrogen) atoms. The highest BCUT2D eigenvalue weighted by Crippen LogP contribution is 2.29. The first-order valence-corrected chi connectivity index (χ1v) is 8.13. The quantitative estimate of drug-likeness (QED) is 0.865. The van der Waals surface area contributed by atoms with Gasteiger partial charge in [-0.05, 0) is 46.6 Å². The first-order valence-electron chi connectivity index (χ1n) is 8.13. The van der Waals surface area contributed by atoms with Crippen molar-refractivity contribution in [2.75, 3.05) is 19.8 Å². The third kappa shape index (κ3) is 3.42. The highest BCUT2D eigenvalue weighted by Gasteiger charge is 2.38. The molecule has 1 aromatic rings. The third-order valence-corrected chi connectivity index (χ3v) is 4.81. The molecule has 0 spiro atoms. The number of nitrogens with two attached hydrogens (primary N) is 1. The number of aryl methyl sites for hydroxylation is 1. The lowest BCUT2D eigenvalue weighted by atomic mass is 9.79. The van der Waals surface area contributed by atoms with Gasteiger partial charge in [-0.1, -0.05) is 0 Å². The van der Waals surface area contributed by atoms with Crippen molar-refractivity contribution in [2.24, 2.45) is 11.1 Å². The van der Waals surface area contributed by atoms with Gasteiger partial charge in [0.1, 0.15) is 0 Å². The van der Waals surface area contributed by atoms with Gasteiger partial charge in [0.05, 0.1) is 11.0 Å². The number of hydrogen-bond donors (Lipinski definition) is 2. The first kappa shape index (κ1) is 17.5. The lowest BCUT2D eigenvalue weighted by Gasteiger charge is -2.34. The summed E-state index contributed by atoms with van der Waals surface area (Å²) < 4.78 is 7.44. The summed E-state index contributed by atoms with van der Waals surface area (Å²) in [4.78, 5) is 24.4.